The molecule has 0 aromatic rings. The van der Waals surface area contributed by atoms with Crippen molar-refractivity contribution in [1.82, 2.24) is 0 Å². The molecule has 0 aliphatic rings. The predicted molar refractivity (Wildman–Crippen MR) is 110 cm³/mol. The molecule has 0 aromatic heterocycles. The van der Waals surface area contributed by atoms with Gasteiger partial charge in [-0.25, -0.2) is 0 Å². The van der Waals surface area contributed by atoms with Crippen LogP contribution in [-0.4, -0.2) is 27.3 Å². The zero-order valence-corrected chi connectivity index (χ0v) is 22.9. The van der Waals surface area contributed by atoms with Crippen LogP contribution in [0.15, 0.2) is 0 Å². The van der Waals surface area contributed by atoms with E-state index in [1.54, 1.807) is 0 Å². The Morgan fingerprint density at radius 1 is 0.684 bits per heavy atom. The van der Waals surface area contributed by atoms with Crippen LogP contribution in [0.4, 0.5) is 0 Å². The zero-order valence-electron chi connectivity index (χ0n) is 9.32. The molecule has 0 radical (unpaired) electrons. The lowest BCUT2D eigenvalue weighted by atomic mass is 10.5. The van der Waals surface area contributed by atoms with Crippen molar-refractivity contribution >= 4 is 136 Å². The topological polar surface area (TPSA) is 27.7 Å². The second-order valence-corrected chi connectivity index (χ2v) is 23.6. The van der Waals surface area contributed by atoms with E-state index in [4.69, 9.17) is 13.6 Å². The highest BCUT2D eigenvalue weighted by atomic mass is 80.0. The summed E-state index contributed by atoms with van der Waals surface area (Å²) < 4.78 is 15.4. The standard InChI is InChI=1S/C7H9Br8O3P/c1-5(8,9)2-16-19(17-3-6(10,11)12)18-4-7(13,14)15/h2-4H2,1H3. The third-order valence-electron chi connectivity index (χ3n) is 1.09. The Morgan fingerprint density at radius 2 is 1.00 bits per heavy atom. The van der Waals surface area contributed by atoms with Crippen molar-refractivity contribution in [2.45, 2.75) is 14.4 Å². The van der Waals surface area contributed by atoms with Gasteiger partial charge in [-0.3, -0.25) is 0 Å². The van der Waals surface area contributed by atoms with Crippen LogP contribution >= 0.6 is 136 Å². The summed E-state index contributed by atoms with van der Waals surface area (Å²) in [5.74, 6) is 0. The fourth-order valence-corrected chi connectivity index (χ4v) is 4.05. The largest absolute Gasteiger partial charge is 0.332 e. The van der Waals surface area contributed by atoms with Crippen LogP contribution < -0.4 is 0 Å². The average Bonchev–Trinajstić information content (AvgIpc) is 2.11. The van der Waals surface area contributed by atoms with Gasteiger partial charge >= 0.3 is 8.60 Å². The monoisotopic (exact) mass is 803 g/mol. The van der Waals surface area contributed by atoms with E-state index in [1.165, 1.54) is 0 Å². The number of hydrogen-bond acceptors (Lipinski definition) is 3. The molecule has 116 valence electrons. The first kappa shape index (κ1) is 23.1. The van der Waals surface area contributed by atoms with Crippen molar-refractivity contribution in [1.29, 1.82) is 0 Å². The Hall–Kier alpha value is 4.15. The minimum Gasteiger partial charge on any atom is -0.310 e. The highest BCUT2D eigenvalue weighted by Gasteiger charge is 2.28. The lowest BCUT2D eigenvalue weighted by molar-refractivity contribution is 0.168. The molecule has 0 amide bonds. The average molecular weight is 811 g/mol. The van der Waals surface area contributed by atoms with Gasteiger partial charge in [-0.05, 0) is 6.92 Å². The molecule has 0 spiro atoms. The molecule has 0 atom stereocenters. The highest BCUT2D eigenvalue weighted by Crippen LogP contribution is 2.48. The Balaban J connectivity index is 4.30. The summed E-state index contributed by atoms with van der Waals surface area (Å²) in [7, 11) is -1.49. The summed E-state index contributed by atoms with van der Waals surface area (Å²) in [4.78, 5) is 0. The molecular weight excluding hydrogens is 802 g/mol. The van der Waals surface area contributed by atoms with Crippen molar-refractivity contribution in [2.75, 3.05) is 19.8 Å². The molecule has 0 N–H and O–H groups in total. The Bertz CT molecular complexity index is 218. The van der Waals surface area contributed by atoms with Gasteiger partial charge in [0.05, 0.1) is 19.8 Å². The van der Waals surface area contributed by atoms with Crippen LogP contribution in [0.1, 0.15) is 6.92 Å². The van der Waals surface area contributed by atoms with Crippen LogP contribution in [0.2, 0.25) is 0 Å². The SMILES string of the molecule is CC(Br)(Br)COP(OCC(Br)(Br)Br)OCC(Br)(Br)Br. The van der Waals surface area contributed by atoms with Crippen LogP contribution in [0.5, 0.6) is 0 Å². The number of halogens is 8. The Kier molecular flexibility index (Phi) is 12.4. The van der Waals surface area contributed by atoms with Crippen molar-refractivity contribution < 1.29 is 13.6 Å². The van der Waals surface area contributed by atoms with Gasteiger partial charge in [0.25, 0.3) is 0 Å². The van der Waals surface area contributed by atoms with Gasteiger partial charge in [-0.2, -0.15) is 0 Å². The van der Waals surface area contributed by atoms with Crippen molar-refractivity contribution in [2.24, 2.45) is 0 Å². The van der Waals surface area contributed by atoms with E-state index in [-0.39, 0.29) is 3.23 Å². The number of alkyl halides is 8. The molecule has 0 unspecified atom stereocenters. The molecule has 12 heteroatoms. The lowest BCUT2D eigenvalue weighted by Gasteiger charge is -2.23. The summed E-state index contributed by atoms with van der Waals surface area (Å²) in [6.07, 6.45) is 0. The van der Waals surface area contributed by atoms with Gasteiger partial charge < -0.3 is 13.6 Å². The summed E-state index contributed by atoms with van der Waals surface area (Å²) >= 11 is 26.9. The van der Waals surface area contributed by atoms with Crippen LogP contribution in [0.25, 0.3) is 0 Å². The van der Waals surface area contributed by atoms with Gasteiger partial charge in [0.1, 0.15) is 3.23 Å². The smallest absolute Gasteiger partial charge is 0.310 e. The molecule has 0 fully saturated rings. The first-order valence-electron chi connectivity index (χ1n) is 4.49. The van der Waals surface area contributed by atoms with Crippen molar-refractivity contribution in [3.8, 4) is 0 Å². The third kappa shape index (κ3) is 18.3. The van der Waals surface area contributed by atoms with Gasteiger partial charge in [-0.15, -0.1) is 0 Å². The maximum Gasteiger partial charge on any atom is 0.332 e. The van der Waals surface area contributed by atoms with Gasteiger partial charge in [0, 0.05) is 0 Å². The van der Waals surface area contributed by atoms with E-state index in [9.17, 15) is 0 Å². The zero-order chi connectivity index (χ0) is 15.3. The van der Waals surface area contributed by atoms with Gasteiger partial charge in [0.15, 0.2) is 4.29 Å². The summed E-state index contributed by atoms with van der Waals surface area (Å²) in [5, 5.41) is 0. The maximum atomic E-state index is 5.60. The fourth-order valence-electron chi connectivity index (χ4n) is 0.530. The molecule has 19 heavy (non-hydrogen) atoms. The normalized spacial score (nSPS) is 14.2. The first-order chi connectivity index (χ1) is 8.29. The second-order valence-electron chi connectivity index (χ2n) is 3.34. The third-order valence-corrected chi connectivity index (χ3v) is 3.94. The molecule has 0 aliphatic heterocycles. The van der Waals surface area contributed by atoms with E-state index in [2.05, 4.69) is 127 Å². The van der Waals surface area contributed by atoms with Gasteiger partial charge in [0.2, 0.25) is 0 Å². The molecule has 0 bridgehead atoms. The molecule has 0 aromatic carbocycles. The Morgan fingerprint density at radius 3 is 1.26 bits per heavy atom. The molecule has 0 heterocycles. The van der Waals surface area contributed by atoms with Crippen molar-refractivity contribution in [3.05, 3.63) is 0 Å². The molecular formula is C7H9Br8O3P. The van der Waals surface area contributed by atoms with E-state index in [1.807, 2.05) is 6.92 Å². The molecule has 0 rings (SSSR count). The number of rotatable bonds is 7. The van der Waals surface area contributed by atoms with Crippen molar-refractivity contribution in [3.63, 3.8) is 0 Å². The first-order valence-corrected chi connectivity index (χ1v) is 11.9. The molecule has 3 nitrogen and oxygen atoms in total. The minimum absolute atomic E-state index is 0.319. The van der Waals surface area contributed by atoms with Crippen LogP contribution in [0.3, 0.4) is 0 Å². The van der Waals surface area contributed by atoms with Crippen LogP contribution in [0, 0.1) is 0 Å². The van der Waals surface area contributed by atoms with E-state index >= 15 is 0 Å². The quantitative estimate of drug-likeness (QED) is 0.198. The number of hydrogen-bond donors (Lipinski definition) is 0. The highest BCUT2D eigenvalue weighted by molar-refractivity contribution is 9.39. The second kappa shape index (κ2) is 10.2. The van der Waals surface area contributed by atoms with E-state index in [0.717, 1.165) is 0 Å². The minimum atomic E-state index is -1.49. The summed E-state index contributed by atoms with van der Waals surface area (Å²) in [6, 6.07) is 0. The maximum absolute atomic E-state index is 5.60. The van der Waals surface area contributed by atoms with Crippen LogP contribution in [-0.2, 0) is 13.6 Å². The molecule has 0 saturated heterocycles. The lowest BCUT2D eigenvalue weighted by Crippen LogP contribution is -2.17. The van der Waals surface area contributed by atoms with E-state index < -0.39 is 12.9 Å². The molecule has 0 saturated carbocycles. The van der Waals surface area contributed by atoms with Gasteiger partial charge in [-0.1, -0.05) is 127 Å². The Labute approximate surface area is 181 Å². The summed E-state index contributed by atoms with van der Waals surface area (Å²) in [6.45, 7) is 2.95. The predicted octanol–water partition coefficient (Wildman–Crippen LogP) is 7.45. The fraction of sp³-hybridized carbons (Fsp3) is 1.00. The van der Waals surface area contributed by atoms with E-state index in [0.29, 0.717) is 19.8 Å². The summed E-state index contributed by atoms with van der Waals surface area (Å²) in [5.41, 5.74) is 0. The molecule has 0 aliphatic carbocycles.